The first-order chi connectivity index (χ1) is 11.0. The molecule has 0 aliphatic rings. The summed E-state index contributed by atoms with van der Waals surface area (Å²) < 4.78 is 0.854. The van der Waals surface area contributed by atoms with E-state index in [1.54, 1.807) is 12.1 Å². The molecule has 0 saturated heterocycles. The fourth-order valence-corrected chi connectivity index (χ4v) is 2.69. The van der Waals surface area contributed by atoms with Crippen LogP contribution in [0.1, 0.15) is 35.7 Å². The molecule has 0 aromatic heterocycles. The maximum Gasteiger partial charge on any atom is 0.252 e. The lowest BCUT2D eigenvalue weighted by atomic mass is 10.0. The lowest BCUT2D eigenvalue weighted by molar-refractivity contribution is -0.115. The number of anilines is 1. The molecule has 2 aromatic rings. The molecule has 4 nitrogen and oxygen atoms in total. The molecule has 0 aliphatic carbocycles. The predicted octanol–water partition coefficient (Wildman–Crippen LogP) is 3.78. The maximum absolute atomic E-state index is 12.0. The highest BCUT2D eigenvalue weighted by Crippen LogP contribution is 2.17. The number of carbonyl (C=O) groups is 2. The summed E-state index contributed by atoms with van der Waals surface area (Å²) in [5.41, 5.74) is 2.51. The normalized spacial score (nSPS) is 10.4. The van der Waals surface area contributed by atoms with Crippen LogP contribution in [0.25, 0.3) is 0 Å². The zero-order valence-corrected chi connectivity index (χ0v) is 15.3. The average molecular weight is 422 g/mol. The van der Waals surface area contributed by atoms with Crippen LogP contribution in [-0.2, 0) is 4.79 Å². The van der Waals surface area contributed by atoms with Gasteiger partial charge in [-0.25, -0.2) is 0 Å². The summed E-state index contributed by atoms with van der Waals surface area (Å²) >= 11 is 2.10. The third-order valence-electron chi connectivity index (χ3n) is 3.39. The van der Waals surface area contributed by atoms with Crippen molar-refractivity contribution in [1.29, 1.82) is 0 Å². The van der Waals surface area contributed by atoms with E-state index < -0.39 is 0 Å². The van der Waals surface area contributed by atoms with Gasteiger partial charge >= 0.3 is 0 Å². The molecule has 2 aromatic carbocycles. The molecule has 0 atom stereocenters. The van der Waals surface area contributed by atoms with Crippen LogP contribution in [0.3, 0.4) is 0 Å². The monoisotopic (exact) mass is 422 g/mol. The Bertz CT molecular complexity index is 696. The number of carbonyl (C=O) groups excluding carboxylic acids is 2. The molecular weight excluding hydrogens is 403 g/mol. The van der Waals surface area contributed by atoms with Crippen molar-refractivity contribution in [2.45, 2.75) is 19.8 Å². The highest BCUT2D eigenvalue weighted by molar-refractivity contribution is 14.1. The summed E-state index contributed by atoms with van der Waals surface area (Å²) in [7, 11) is 0. The summed E-state index contributed by atoms with van der Waals surface area (Å²) in [6.45, 7) is 4.18. The van der Waals surface area contributed by atoms with Crippen molar-refractivity contribution in [2.75, 3.05) is 11.9 Å². The van der Waals surface area contributed by atoms with Gasteiger partial charge in [0, 0.05) is 9.26 Å². The molecule has 0 radical (unpaired) electrons. The fourth-order valence-electron chi connectivity index (χ4n) is 2.06. The number of hydrogen-bond acceptors (Lipinski definition) is 2. The molecule has 2 rings (SSSR count). The highest BCUT2D eigenvalue weighted by atomic mass is 127. The number of nitrogens with one attached hydrogen (secondary N) is 2. The Morgan fingerprint density at radius 1 is 1.04 bits per heavy atom. The van der Waals surface area contributed by atoms with E-state index in [1.165, 1.54) is 5.56 Å². The summed E-state index contributed by atoms with van der Waals surface area (Å²) in [4.78, 5) is 24.0. The van der Waals surface area contributed by atoms with Crippen LogP contribution in [0.15, 0.2) is 48.5 Å². The number of benzene rings is 2. The van der Waals surface area contributed by atoms with Crippen LogP contribution < -0.4 is 10.6 Å². The van der Waals surface area contributed by atoms with Crippen molar-refractivity contribution in [1.82, 2.24) is 5.32 Å². The summed E-state index contributed by atoms with van der Waals surface area (Å²) in [5.74, 6) is -0.0470. The van der Waals surface area contributed by atoms with Crippen molar-refractivity contribution < 1.29 is 9.59 Å². The Hall–Kier alpha value is -1.89. The third kappa shape index (κ3) is 5.06. The van der Waals surface area contributed by atoms with Gasteiger partial charge in [-0.15, -0.1) is 0 Å². The third-order valence-corrected chi connectivity index (χ3v) is 4.33. The van der Waals surface area contributed by atoms with E-state index in [-0.39, 0.29) is 18.4 Å². The molecule has 0 heterocycles. The first kappa shape index (κ1) is 17.5. The number of rotatable bonds is 5. The van der Waals surface area contributed by atoms with Gasteiger partial charge in [-0.1, -0.05) is 38.1 Å². The smallest absolute Gasteiger partial charge is 0.252 e. The molecule has 23 heavy (non-hydrogen) atoms. The lowest BCUT2D eigenvalue weighted by Crippen LogP contribution is -2.33. The van der Waals surface area contributed by atoms with Crippen LogP contribution in [0.5, 0.6) is 0 Å². The second-order valence-electron chi connectivity index (χ2n) is 5.49. The minimum Gasteiger partial charge on any atom is -0.343 e. The van der Waals surface area contributed by atoms with Gasteiger partial charge in [0.2, 0.25) is 5.91 Å². The Morgan fingerprint density at radius 3 is 2.30 bits per heavy atom. The fraction of sp³-hybridized carbons (Fsp3) is 0.222. The summed E-state index contributed by atoms with van der Waals surface area (Å²) in [6.07, 6.45) is 0. The van der Waals surface area contributed by atoms with Crippen molar-refractivity contribution in [2.24, 2.45) is 0 Å². The van der Waals surface area contributed by atoms with Crippen LogP contribution in [0.4, 0.5) is 5.69 Å². The Balaban J connectivity index is 1.88. The molecule has 0 fully saturated rings. The first-order valence-corrected chi connectivity index (χ1v) is 8.48. The molecule has 2 N–H and O–H groups in total. The van der Waals surface area contributed by atoms with Crippen molar-refractivity contribution in [3.8, 4) is 0 Å². The van der Waals surface area contributed by atoms with Gasteiger partial charge in [-0.2, -0.15) is 0 Å². The van der Waals surface area contributed by atoms with Crippen LogP contribution in [-0.4, -0.2) is 18.4 Å². The summed E-state index contributed by atoms with van der Waals surface area (Å²) in [6, 6.07) is 15.0. The molecule has 120 valence electrons. The van der Waals surface area contributed by atoms with Gasteiger partial charge < -0.3 is 10.6 Å². The van der Waals surface area contributed by atoms with Gasteiger partial charge in [0.25, 0.3) is 5.91 Å². The molecule has 0 aliphatic heterocycles. The molecule has 0 bridgehead atoms. The number of hydrogen-bond donors (Lipinski definition) is 2. The first-order valence-electron chi connectivity index (χ1n) is 7.40. The predicted molar refractivity (Wildman–Crippen MR) is 101 cm³/mol. The van der Waals surface area contributed by atoms with E-state index in [2.05, 4.69) is 47.1 Å². The van der Waals surface area contributed by atoms with Gasteiger partial charge in [-0.3, -0.25) is 9.59 Å². The van der Waals surface area contributed by atoms with E-state index in [4.69, 9.17) is 0 Å². The van der Waals surface area contributed by atoms with E-state index in [0.29, 0.717) is 11.5 Å². The van der Waals surface area contributed by atoms with Crippen LogP contribution in [0, 0.1) is 3.57 Å². The van der Waals surface area contributed by atoms with E-state index >= 15 is 0 Å². The minimum absolute atomic E-state index is 0.0598. The molecule has 0 spiro atoms. The van der Waals surface area contributed by atoms with Crippen molar-refractivity contribution in [3.05, 3.63) is 63.2 Å². The lowest BCUT2D eigenvalue weighted by Gasteiger charge is -2.09. The highest BCUT2D eigenvalue weighted by Gasteiger charge is 2.10. The molecule has 0 unspecified atom stereocenters. The largest absolute Gasteiger partial charge is 0.343 e. The maximum atomic E-state index is 12.0. The van der Waals surface area contributed by atoms with E-state index in [9.17, 15) is 9.59 Å². The molecule has 5 heteroatoms. The second kappa shape index (κ2) is 8.10. The number of halogens is 1. The topological polar surface area (TPSA) is 58.2 Å². The Labute approximate surface area is 149 Å². The zero-order valence-electron chi connectivity index (χ0n) is 13.1. The van der Waals surface area contributed by atoms with E-state index in [0.717, 1.165) is 9.26 Å². The van der Waals surface area contributed by atoms with Gasteiger partial charge in [0.05, 0.1) is 12.1 Å². The van der Waals surface area contributed by atoms with Crippen molar-refractivity contribution in [3.63, 3.8) is 0 Å². The van der Waals surface area contributed by atoms with Crippen molar-refractivity contribution >= 4 is 40.1 Å². The Morgan fingerprint density at radius 2 is 1.70 bits per heavy atom. The average Bonchev–Trinajstić information content (AvgIpc) is 2.53. The SMILES string of the molecule is CC(C)c1ccc(NC(=O)CNC(=O)c2ccccc2I)cc1. The minimum atomic E-state index is -0.250. The quantitative estimate of drug-likeness (QED) is 0.721. The standard InChI is InChI=1S/C18H19IN2O2/c1-12(2)13-7-9-14(10-8-13)21-17(22)11-20-18(23)15-5-3-4-6-16(15)19/h3-10,12H,11H2,1-2H3,(H,20,23)(H,21,22). The van der Waals surface area contributed by atoms with Crippen LogP contribution in [0.2, 0.25) is 0 Å². The van der Waals surface area contributed by atoms with Gasteiger partial charge in [-0.05, 0) is 58.3 Å². The van der Waals surface area contributed by atoms with Crippen LogP contribution >= 0.6 is 22.6 Å². The van der Waals surface area contributed by atoms with Gasteiger partial charge in [0.15, 0.2) is 0 Å². The van der Waals surface area contributed by atoms with Gasteiger partial charge in [0.1, 0.15) is 0 Å². The summed E-state index contributed by atoms with van der Waals surface area (Å²) in [5, 5.41) is 5.41. The molecule has 0 saturated carbocycles. The second-order valence-corrected chi connectivity index (χ2v) is 6.65. The van der Waals surface area contributed by atoms with E-state index in [1.807, 2.05) is 36.4 Å². The number of amides is 2. The molecule has 2 amide bonds. The molecular formula is C18H19IN2O2. The Kier molecular flexibility index (Phi) is 6.15. The zero-order chi connectivity index (χ0) is 16.8.